The summed E-state index contributed by atoms with van der Waals surface area (Å²) in [6, 6.07) is 60.2. The molecule has 294 valence electrons. The van der Waals surface area contributed by atoms with Gasteiger partial charge in [-0.2, -0.15) is 0 Å². The van der Waals surface area contributed by atoms with E-state index in [-0.39, 0.29) is 12.0 Å². The van der Waals surface area contributed by atoms with Crippen LogP contribution in [-0.4, -0.2) is 44.4 Å². The summed E-state index contributed by atoms with van der Waals surface area (Å²) in [4.78, 5) is 14.6. The van der Waals surface area contributed by atoms with Gasteiger partial charge in [0.1, 0.15) is 28.7 Å². The Bertz CT molecular complexity index is 2430. The number of methoxy groups -OCH3 is 1. The molecule has 1 aliphatic rings. The quantitative estimate of drug-likeness (QED) is 0.113. The first-order valence-electron chi connectivity index (χ1n) is 20.3. The molecule has 0 aliphatic heterocycles. The summed E-state index contributed by atoms with van der Waals surface area (Å²) >= 11 is 0. The molecule has 8 nitrogen and oxygen atoms in total. The van der Waals surface area contributed by atoms with Gasteiger partial charge in [-0.1, -0.05) is 164 Å². The SMILES string of the molecule is COc1ccc(C(Nc2ncnc3c2ncn3[C@@H]2CC[C@@H](COC(c3ccccc3)(c3ccccc3)c3ccccc3)[C@@H](O)C2)(c2ccccc2)c2ccccc2)cc1. The molecule has 1 saturated carbocycles. The van der Waals surface area contributed by atoms with E-state index < -0.39 is 17.2 Å². The third-order valence-electron chi connectivity index (χ3n) is 12.0. The Morgan fingerprint density at radius 2 is 1.10 bits per heavy atom. The average Bonchev–Trinajstić information content (AvgIpc) is 3.76. The van der Waals surface area contributed by atoms with Gasteiger partial charge in [0.25, 0.3) is 0 Å². The van der Waals surface area contributed by atoms with Crippen molar-refractivity contribution >= 4 is 17.0 Å². The van der Waals surface area contributed by atoms with Crippen molar-refractivity contribution in [1.29, 1.82) is 0 Å². The Labute approximate surface area is 345 Å². The van der Waals surface area contributed by atoms with Gasteiger partial charge in [0.15, 0.2) is 11.5 Å². The number of anilines is 1. The molecule has 1 fully saturated rings. The van der Waals surface area contributed by atoms with Gasteiger partial charge in [-0.25, -0.2) is 15.0 Å². The van der Waals surface area contributed by atoms with Crippen LogP contribution in [0.1, 0.15) is 58.7 Å². The number of benzene rings is 6. The maximum absolute atomic E-state index is 11.9. The van der Waals surface area contributed by atoms with E-state index in [4.69, 9.17) is 24.4 Å². The van der Waals surface area contributed by atoms with Gasteiger partial charge in [-0.3, -0.25) is 0 Å². The molecule has 0 bridgehead atoms. The van der Waals surface area contributed by atoms with Gasteiger partial charge in [0.05, 0.1) is 26.1 Å². The molecule has 6 aromatic carbocycles. The lowest BCUT2D eigenvalue weighted by Gasteiger charge is -2.39. The topological polar surface area (TPSA) is 94.3 Å². The molecule has 59 heavy (non-hydrogen) atoms. The molecule has 2 heterocycles. The summed E-state index contributed by atoms with van der Waals surface area (Å²) < 4.78 is 14.8. The number of imidazole rings is 1. The van der Waals surface area contributed by atoms with Crippen molar-refractivity contribution in [3.05, 3.63) is 222 Å². The van der Waals surface area contributed by atoms with E-state index in [0.717, 1.165) is 57.6 Å². The zero-order chi connectivity index (χ0) is 40.1. The first kappa shape index (κ1) is 37.9. The lowest BCUT2D eigenvalue weighted by Crippen LogP contribution is -2.39. The highest BCUT2D eigenvalue weighted by Gasteiger charge is 2.41. The Morgan fingerprint density at radius 3 is 1.59 bits per heavy atom. The molecule has 0 radical (unpaired) electrons. The van der Waals surface area contributed by atoms with E-state index in [1.165, 1.54) is 0 Å². The molecule has 0 saturated heterocycles. The smallest absolute Gasteiger partial charge is 0.165 e. The van der Waals surface area contributed by atoms with Crippen molar-refractivity contribution in [3.8, 4) is 5.75 Å². The Kier molecular flexibility index (Phi) is 10.7. The Balaban J connectivity index is 1.01. The normalized spacial score (nSPS) is 17.1. The number of rotatable bonds is 13. The number of fused-ring (bicyclic) bond motifs is 1. The van der Waals surface area contributed by atoms with E-state index in [2.05, 4.69) is 143 Å². The number of nitrogens with zero attached hydrogens (tertiary/aromatic N) is 4. The molecular weight excluding hydrogens is 731 g/mol. The van der Waals surface area contributed by atoms with E-state index >= 15 is 0 Å². The molecule has 9 rings (SSSR count). The van der Waals surface area contributed by atoms with Crippen molar-refractivity contribution in [2.45, 2.75) is 42.5 Å². The van der Waals surface area contributed by atoms with Crippen molar-refractivity contribution in [1.82, 2.24) is 19.5 Å². The van der Waals surface area contributed by atoms with Crippen molar-refractivity contribution in [2.75, 3.05) is 19.0 Å². The largest absolute Gasteiger partial charge is 0.497 e. The number of aromatic nitrogens is 4. The second kappa shape index (κ2) is 16.7. The maximum Gasteiger partial charge on any atom is 0.165 e. The minimum atomic E-state index is -0.845. The summed E-state index contributed by atoms with van der Waals surface area (Å²) in [5.41, 5.74) is 5.95. The van der Waals surface area contributed by atoms with Crippen LogP contribution in [0, 0.1) is 5.92 Å². The number of nitrogens with one attached hydrogen (secondary N) is 1. The second-order valence-electron chi connectivity index (χ2n) is 15.3. The van der Waals surface area contributed by atoms with Gasteiger partial charge >= 0.3 is 0 Å². The third kappa shape index (κ3) is 7.15. The highest BCUT2D eigenvalue weighted by Crippen LogP contribution is 2.44. The van der Waals surface area contributed by atoms with Crippen LogP contribution in [0.4, 0.5) is 5.82 Å². The predicted molar refractivity (Wildman–Crippen MR) is 232 cm³/mol. The molecule has 0 spiro atoms. The number of hydrogen-bond acceptors (Lipinski definition) is 7. The minimum Gasteiger partial charge on any atom is -0.497 e. The molecule has 3 atom stereocenters. The minimum absolute atomic E-state index is 0.00859. The molecule has 1 aliphatic carbocycles. The van der Waals surface area contributed by atoms with E-state index in [0.29, 0.717) is 24.4 Å². The summed E-state index contributed by atoms with van der Waals surface area (Å²) in [6.07, 6.45) is 5.02. The molecule has 8 aromatic rings. The standard InChI is InChI=1S/C51H47N5O3/c1-58-45-31-28-40(29-32-45)50(38-17-7-2-8-18-38,39-19-9-3-10-20-39)55-48-47-49(53-35-52-48)56(36-54-47)44-30-27-37(46(57)33-44)34-59-51(41-21-11-4-12-22-41,42-23-13-5-14-24-42)43-25-15-6-16-26-43/h2-26,28-29,31-32,35-37,44,46,57H,27,30,33-34H2,1H3,(H,52,53,55)/t37-,44+,46-/m0/s1. The number of hydrogen-bond donors (Lipinski definition) is 2. The molecule has 8 heteroatoms. The Hall–Kier alpha value is -6.61. The Morgan fingerprint density at radius 1 is 0.610 bits per heavy atom. The van der Waals surface area contributed by atoms with Crippen LogP contribution in [0.2, 0.25) is 0 Å². The first-order chi connectivity index (χ1) is 29.1. The fourth-order valence-electron chi connectivity index (χ4n) is 8.96. The summed E-state index contributed by atoms with van der Waals surface area (Å²) in [5.74, 6) is 1.32. The first-order valence-corrected chi connectivity index (χ1v) is 20.3. The predicted octanol–water partition coefficient (Wildman–Crippen LogP) is 9.95. The van der Waals surface area contributed by atoms with E-state index in [1.54, 1.807) is 13.4 Å². The number of aliphatic hydroxyl groups excluding tert-OH is 1. The lowest BCUT2D eigenvalue weighted by molar-refractivity contribution is -0.0552. The van der Waals surface area contributed by atoms with Crippen LogP contribution in [-0.2, 0) is 15.9 Å². The summed E-state index contributed by atoms with van der Waals surface area (Å²) in [6.45, 7) is 0.389. The summed E-state index contributed by atoms with van der Waals surface area (Å²) in [5, 5.41) is 15.8. The zero-order valence-corrected chi connectivity index (χ0v) is 33.0. The van der Waals surface area contributed by atoms with Crippen LogP contribution in [0.25, 0.3) is 11.2 Å². The lowest BCUT2D eigenvalue weighted by atomic mass is 9.77. The molecule has 0 unspecified atom stereocenters. The highest BCUT2D eigenvalue weighted by molar-refractivity contribution is 5.84. The van der Waals surface area contributed by atoms with Crippen LogP contribution < -0.4 is 10.1 Å². The average molecular weight is 778 g/mol. The summed E-state index contributed by atoms with van der Waals surface area (Å²) in [7, 11) is 1.68. The van der Waals surface area contributed by atoms with Gasteiger partial charge < -0.3 is 24.5 Å². The second-order valence-corrected chi connectivity index (χ2v) is 15.3. The fraction of sp³-hybridized carbons (Fsp3) is 0.196. The molecule has 2 N–H and O–H groups in total. The third-order valence-corrected chi connectivity index (χ3v) is 12.0. The highest BCUT2D eigenvalue weighted by atomic mass is 16.5. The van der Waals surface area contributed by atoms with Crippen LogP contribution in [0.5, 0.6) is 5.75 Å². The van der Waals surface area contributed by atoms with Crippen molar-refractivity contribution in [2.24, 2.45) is 5.92 Å². The van der Waals surface area contributed by atoms with E-state index in [1.807, 2.05) is 48.8 Å². The fourth-order valence-corrected chi connectivity index (χ4v) is 8.96. The number of aliphatic hydroxyl groups is 1. The van der Waals surface area contributed by atoms with Gasteiger partial charge in [-0.15, -0.1) is 0 Å². The van der Waals surface area contributed by atoms with E-state index in [9.17, 15) is 5.11 Å². The molecular formula is C51H47N5O3. The van der Waals surface area contributed by atoms with Gasteiger partial charge in [0.2, 0.25) is 0 Å². The molecule has 2 aromatic heterocycles. The van der Waals surface area contributed by atoms with Crippen molar-refractivity contribution < 1.29 is 14.6 Å². The maximum atomic E-state index is 11.9. The molecule has 0 amide bonds. The number of ether oxygens (including phenoxy) is 2. The van der Waals surface area contributed by atoms with Crippen molar-refractivity contribution in [3.63, 3.8) is 0 Å². The van der Waals surface area contributed by atoms with Gasteiger partial charge in [-0.05, 0) is 64.8 Å². The van der Waals surface area contributed by atoms with Crippen LogP contribution >= 0.6 is 0 Å². The zero-order valence-electron chi connectivity index (χ0n) is 33.0. The van der Waals surface area contributed by atoms with Crippen LogP contribution in [0.15, 0.2) is 189 Å². The van der Waals surface area contributed by atoms with Gasteiger partial charge in [0, 0.05) is 12.0 Å². The monoisotopic (exact) mass is 777 g/mol. The van der Waals surface area contributed by atoms with Crippen LogP contribution in [0.3, 0.4) is 0 Å².